The maximum Gasteiger partial charge on any atom is 0.261 e. The summed E-state index contributed by atoms with van der Waals surface area (Å²) in [6, 6.07) is 16.6. The highest BCUT2D eigenvalue weighted by atomic mass is 32.2. The number of carbonyl (C=O) groups is 1. The van der Waals surface area contributed by atoms with Gasteiger partial charge in [-0.3, -0.25) is 9.52 Å². The predicted molar refractivity (Wildman–Crippen MR) is 164 cm³/mol. The van der Waals surface area contributed by atoms with Crippen LogP contribution in [0.15, 0.2) is 83.6 Å². The first-order valence-electron chi connectivity index (χ1n) is 13.5. The largest absolute Gasteiger partial charge is 0.387 e. The van der Waals surface area contributed by atoms with E-state index >= 15 is 0 Å². The Morgan fingerprint density at radius 3 is 2.67 bits per heavy atom. The molecule has 0 aliphatic heterocycles. The maximum absolute atomic E-state index is 12.7. The Hall–Kier alpha value is -4.24. The van der Waals surface area contributed by atoms with Crippen molar-refractivity contribution in [3.63, 3.8) is 0 Å². The number of aliphatic hydroxyl groups is 1. The van der Waals surface area contributed by atoms with E-state index in [1.54, 1.807) is 60.4 Å². The molecule has 1 amide bonds. The van der Waals surface area contributed by atoms with Gasteiger partial charge in [-0.05, 0) is 56.2 Å². The highest BCUT2D eigenvalue weighted by Gasteiger charge is 2.21. The average Bonchev–Trinajstić information content (AvgIpc) is 3.68. The third-order valence-corrected chi connectivity index (χ3v) is 8.95. The molecule has 43 heavy (non-hydrogen) atoms. The van der Waals surface area contributed by atoms with Gasteiger partial charge in [-0.15, -0.1) is 21.5 Å². The lowest BCUT2D eigenvalue weighted by Crippen LogP contribution is -2.42. The first-order chi connectivity index (χ1) is 20.6. The summed E-state index contributed by atoms with van der Waals surface area (Å²) in [6.45, 7) is 5.25. The summed E-state index contributed by atoms with van der Waals surface area (Å²) in [5.41, 5.74) is 3.92. The number of anilines is 1. The monoisotopic (exact) mass is 620 g/mol. The summed E-state index contributed by atoms with van der Waals surface area (Å²) in [6.07, 6.45) is 3.08. The van der Waals surface area contributed by atoms with Crippen molar-refractivity contribution in [3.05, 3.63) is 94.8 Å². The van der Waals surface area contributed by atoms with Crippen molar-refractivity contribution in [3.8, 4) is 0 Å². The average molecular weight is 621 g/mol. The molecule has 224 valence electrons. The van der Waals surface area contributed by atoms with Gasteiger partial charge in [0.15, 0.2) is 5.65 Å². The van der Waals surface area contributed by atoms with Crippen LogP contribution in [0.5, 0.6) is 0 Å². The number of aliphatic hydroxyl groups excluding tert-OH is 1. The molecule has 0 bridgehead atoms. The van der Waals surface area contributed by atoms with Crippen LogP contribution in [0.4, 0.5) is 5.69 Å². The van der Waals surface area contributed by atoms with Crippen molar-refractivity contribution in [1.29, 1.82) is 0 Å². The zero-order chi connectivity index (χ0) is 30.5. The molecule has 0 aliphatic carbocycles. The summed E-state index contributed by atoms with van der Waals surface area (Å²) in [5.74, 6) is -0.262. The number of sulfonamides is 1. The fourth-order valence-corrected chi connectivity index (χ4v) is 5.91. The fourth-order valence-electron chi connectivity index (χ4n) is 4.37. The molecule has 0 saturated carbocycles. The molecular formula is C29H32N8O4S2. The normalized spacial score (nSPS) is 12.7. The molecule has 0 unspecified atom stereocenters. The molecule has 0 radical (unpaired) electrons. The van der Waals surface area contributed by atoms with Crippen LogP contribution < -0.4 is 15.4 Å². The number of rotatable bonds is 13. The molecule has 3 heterocycles. The van der Waals surface area contributed by atoms with Gasteiger partial charge in [0.05, 0.1) is 29.4 Å². The Bertz CT molecular complexity index is 1790. The van der Waals surface area contributed by atoms with Gasteiger partial charge in [0.1, 0.15) is 16.0 Å². The van der Waals surface area contributed by atoms with E-state index in [-0.39, 0.29) is 22.9 Å². The Balaban J connectivity index is 1.15. The van der Waals surface area contributed by atoms with Gasteiger partial charge in [-0.2, -0.15) is 0 Å². The molecule has 5 aromatic rings. The molecule has 0 fully saturated rings. The van der Waals surface area contributed by atoms with Crippen LogP contribution in [0.1, 0.15) is 47.3 Å². The number of hydrogen-bond acceptors (Lipinski definition) is 10. The number of fused-ring (bicyclic) bond motifs is 1. The number of benzene rings is 2. The minimum absolute atomic E-state index is 0.164. The van der Waals surface area contributed by atoms with Crippen LogP contribution in [0, 0.1) is 0 Å². The van der Waals surface area contributed by atoms with Crippen LogP contribution in [0.2, 0.25) is 0 Å². The van der Waals surface area contributed by atoms with Crippen molar-refractivity contribution in [2.75, 3.05) is 11.3 Å². The van der Waals surface area contributed by atoms with Gasteiger partial charge in [0, 0.05) is 30.5 Å². The number of carbonyl (C=O) groups excluding carboxylic acids is 1. The van der Waals surface area contributed by atoms with E-state index in [9.17, 15) is 18.3 Å². The van der Waals surface area contributed by atoms with Crippen LogP contribution >= 0.6 is 11.3 Å². The lowest BCUT2D eigenvalue weighted by Gasteiger charge is -2.28. The maximum atomic E-state index is 12.7. The van der Waals surface area contributed by atoms with Gasteiger partial charge < -0.3 is 20.3 Å². The summed E-state index contributed by atoms with van der Waals surface area (Å²) in [4.78, 5) is 21.6. The van der Waals surface area contributed by atoms with Crippen molar-refractivity contribution in [1.82, 2.24) is 35.4 Å². The molecular weight excluding hydrogens is 589 g/mol. The van der Waals surface area contributed by atoms with Crippen molar-refractivity contribution in [2.24, 2.45) is 0 Å². The summed E-state index contributed by atoms with van der Waals surface area (Å²) in [5, 5.41) is 25.5. The molecule has 12 nitrogen and oxygen atoms in total. The number of imidazole rings is 1. The van der Waals surface area contributed by atoms with Gasteiger partial charge in [0.2, 0.25) is 0 Å². The minimum Gasteiger partial charge on any atom is -0.387 e. The second kappa shape index (κ2) is 13.0. The Kier molecular flexibility index (Phi) is 9.11. The summed E-state index contributed by atoms with van der Waals surface area (Å²) in [7, 11) is -3.74. The molecule has 3 aromatic heterocycles. The lowest BCUT2D eigenvalue weighted by molar-refractivity contribution is 0.0950. The topological polar surface area (TPSA) is 164 Å². The highest BCUT2D eigenvalue weighted by Crippen LogP contribution is 2.22. The molecule has 0 saturated heterocycles. The number of aromatic nitrogens is 5. The smallest absolute Gasteiger partial charge is 0.261 e. The SMILES string of the molecule is CC(C)(CCn1cnc2cc(C(=O)NCc3nncs3)cnc21)NC[C@H](O)c1cccc(NS(=O)(=O)c2ccccc2)c1. The molecule has 0 spiro atoms. The second-order valence-electron chi connectivity index (χ2n) is 10.6. The standard InChI is InChI=1S/C29H32N8O4S2/c1-29(2,33-16-25(38)20-7-6-8-22(13-20)36-43(40,41)23-9-4-3-5-10-23)11-12-37-18-32-24-14-21(15-30-27(24)37)28(39)31-17-26-35-34-19-42-26/h3-10,13-15,18-19,25,33,36,38H,11-12,16-17H2,1-2H3,(H,31,39)/t25-/m0/s1. The van der Waals surface area contributed by atoms with Crippen LogP contribution in [0.3, 0.4) is 0 Å². The van der Waals surface area contributed by atoms with E-state index in [0.717, 1.165) is 5.01 Å². The molecule has 4 N–H and O–H groups in total. The van der Waals surface area contributed by atoms with E-state index < -0.39 is 16.1 Å². The van der Waals surface area contributed by atoms with Gasteiger partial charge in [-0.1, -0.05) is 30.3 Å². The van der Waals surface area contributed by atoms with Gasteiger partial charge in [-0.25, -0.2) is 18.4 Å². The zero-order valence-corrected chi connectivity index (χ0v) is 25.3. The first kappa shape index (κ1) is 30.2. The summed E-state index contributed by atoms with van der Waals surface area (Å²) >= 11 is 1.37. The van der Waals surface area contributed by atoms with Crippen LogP contribution in [-0.2, 0) is 23.1 Å². The number of β-amino-alcohol motifs (C(OH)–C–C–N with tert-alkyl or cyclic N) is 1. The van der Waals surface area contributed by atoms with E-state index in [0.29, 0.717) is 47.5 Å². The minimum atomic E-state index is -3.74. The number of aryl methyl sites for hydroxylation is 1. The Labute approximate surface area is 253 Å². The number of nitrogens with zero attached hydrogens (tertiary/aromatic N) is 5. The first-order valence-corrected chi connectivity index (χ1v) is 15.9. The lowest BCUT2D eigenvalue weighted by atomic mass is 9.99. The van der Waals surface area contributed by atoms with Crippen molar-refractivity contribution in [2.45, 2.75) is 49.9 Å². The van der Waals surface area contributed by atoms with Gasteiger partial charge in [0.25, 0.3) is 15.9 Å². The Morgan fingerprint density at radius 2 is 1.91 bits per heavy atom. The number of hydrogen-bond donors (Lipinski definition) is 4. The summed E-state index contributed by atoms with van der Waals surface area (Å²) < 4.78 is 29.9. The molecule has 0 aliphatic rings. The number of pyridine rings is 1. The number of nitrogens with one attached hydrogen (secondary N) is 3. The molecule has 2 aromatic carbocycles. The van der Waals surface area contributed by atoms with Crippen molar-refractivity contribution < 1.29 is 18.3 Å². The van der Waals surface area contributed by atoms with E-state index in [2.05, 4.69) is 35.5 Å². The van der Waals surface area contributed by atoms with E-state index in [1.165, 1.54) is 29.7 Å². The fraction of sp³-hybridized carbons (Fsp3) is 0.276. The van der Waals surface area contributed by atoms with E-state index in [1.807, 2.05) is 18.4 Å². The zero-order valence-electron chi connectivity index (χ0n) is 23.6. The Morgan fingerprint density at radius 1 is 1.09 bits per heavy atom. The van der Waals surface area contributed by atoms with Crippen molar-refractivity contribution >= 4 is 44.1 Å². The highest BCUT2D eigenvalue weighted by molar-refractivity contribution is 7.92. The van der Waals surface area contributed by atoms with Crippen LogP contribution in [-0.4, -0.2) is 56.2 Å². The van der Waals surface area contributed by atoms with Crippen LogP contribution in [0.25, 0.3) is 11.2 Å². The second-order valence-corrected chi connectivity index (χ2v) is 13.2. The molecule has 1 atom stereocenters. The van der Waals surface area contributed by atoms with Gasteiger partial charge >= 0.3 is 0 Å². The molecule has 14 heteroatoms. The van der Waals surface area contributed by atoms with E-state index in [4.69, 9.17) is 0 Å². The quantitative estimate of drug-likeness (QED) is 0.154. The third kappa shape index (κ3) is 7.78. The molecule has 5 rings (SSSR count). The predicted octanol–water partition coefficient (Wildman–Crippen LogP) is 3.51. The number of amides is 1. The third-order valence-electron chi connectivity index (χ3n) is 6.85.